The van der Waals surface area contributed by atoms with Gasteiger partial charge in [-0.25, -0.2) is 30.6 Å². The highest BCUT2D eigenvalue weighted by molar-refractivity contribution is 7.93. The Balaban J connectivity index is 1.33. The quantitative estimate of drug-likeness (QED) is 0.0345. The predicted octanol–water partition coefficient (Wildman–Crippen LogP) is 7.30. The van der Waals surface area contributed by atoms with Crippen LogP contribution in [-0.2, 0) is 84.7 Å². The fourth-order valence-corrected chi connectivity index (χ4v) is 10.2. The first-order chi connectivity index (χ1) is 37.7. The Kier molecular flexibility index (Phi) is 18.9. The lowest BCUT2D eigenvalue weighted by molar-refractivity contribution is -0.143. The number of alkyl halides is 8. The lowest BCUT2D eigenvalue weighted by atomic mass is 9.93. The molecule has 2 aliphatic carbocycles. The zero-order valence-corrected chi connectivity index (χ0v) is 46.0. The van der Waals surface area contributed by atoms with Crippen molar-refractivity contribution in [2.24, 2.45) is 5.92 Å². The summed E-state index contributed by atoms with van der Waals surface area (Å²) in [6.07, 6.45) is -9.95. The van der Waals surface area contributed by atoms with Gasteiger partial charge in [0.25, 0.3) is 11.8 Å². The van der Waals surface area contributed by atoms with Gasteiger partial charge < -0.3 is 29.0 Å². The van der Waals surface area contributed by atoms with E-state index in [1.54, 1.807) is 0 Å². The number of halogens is 11. The van der Waals surface area contributed by atoms with Crippen LogP contribution in [0.1, 0.15) is 66.1 Å². The Hall–Kier alpha value is -5.94. The molecule has 1 saturated carbocycles. The van der Waals surface area contributed by atoms with E-state index in [4.69, 9.17) is 35.3 Å². The Morgan fingerprint density at radius 1 is 0.852 bits per heavy atom. The van der Waals surface area contributed by atoms with Crippen molar-refractivity contribution in [2.45, 2.75) is 74.8 Å². The minimum absolute atomic E-state index is 0.0629. The van der Waals surface area contributed by atoms with Gasteiger partial charge in [-0.1, -0.05) is 23.6 Å². The van der Waals surface area contributed by atoms with Gasteiger partial charge in [-0.3, -0.25) is 19.0 Å². The molecular formula is C50H52ClF10N7O11S2. The van der Waals surface area contributed by atoms with Gasteiger partial charge in [-0.2, -0.15) is 49.6 Å². The number of aromatic nitrogens is 5. The zero-order chi connectivity index (χ0) is 59.6. The summed E-state index contributed by atoms with van der Waals surface area (Å²) in [5.74, 6) is -7.39. The Morgan fingerprint density at radius 3 is 2.01 bits per heavy atom. The summed E-state index contributed by atoms with van der Waals surface area (Å²) in [6.45, 7) is -0.659. The molecule has 2 amide bonds. The molecule has 3 atom stereocenters. The number of rotatable bonds is 25. The number of carbonyl (C=O) groups excluding carboxylic acids is 2. The number of fused-ring (bicyclic) bond motifs is 4. The van der Waals surface area contributed by atoms with E-state index in [1.165, 1.54) is 21.0 Å². The second-order valence-corrected chi connectivity index (χ2v) is 24.1. The second-order valence-electron chi connectivity index (χ2n) is 19.3. The standard InChI is InChI=1S/C50H52ClF10N7O11S2/c1-47(2,80(4,71)72)11-10-31-6-7-32(42(62-31)37(22-28-20-29(52)23-30(53)21-28)63-38(69)25-66-45-40(44(64-66)50(59,60)61)34-24-35(34)49(45,57)58)33-8-9-36(51)41-43(33)67(27-48(54,55)56)65-46(41)68(81(5,73)74)39(70)26-79-19-18-78-17-16-77-15-14-76-13-12-75-3/h6-9,20-21,23,34-35,37H,12-19,22,24-27H2,1-5H3,(H,63,69)/t34-,35+,37?/m0/s1. The van der Waals surface area contributed by atoms with Crippen LogP contribution < -0.4 is 9.62 Å². The summed E-state index contributed by atoms with van der Waals surface area (Å²) in [7, 11) is -7.23. The minimum Gasteiger partial charge on any atom is -0.382 e. The highest BCUT2D eigenvalue weighted by atomic mass is 35.5. The number of hydrogen-bond donors (Lipinski definition) is 1. The summed E-state index contributed by atoms with van der Waals surface area (Å²) >= 11 is 6.69. The van der Waals surface area contributed by atoms with Crippen molar-refractivity contribution >= 4 is 60.0 Å². The summed E-state index contributed by atoms with van der Waals surface area (Å²) in [4.78, 5) is 32.7. The Labute approximate surface area is 462 Å². The maximum Gasteiger partial charge on any atom is 0.435 e. The summed E-state index contributed by atoms with van der Waals surface area (Å²) in [5, 5.41) is 8.73. The van der Waals surface area contributed by atoms with E-state index >= 15 is 8.78 Å². The van der Waals surface area contributed by atoms with Crippen LogP contribution in [0.3, 0.4) is 0 Å². The van der Waals surface area contributed by atoms with Gasteiger partial charge in [-0.15, -0.1) is 0 Å². The molecule has 18 nitrogen and oxygen atoms in total. The molecule has 1 unspecified atom stereocenters. The molecule has 0 aliphatic heterocycles. The number of methoxy groups -OCH3 is 1. The van der Waals surface area contributed by atoms with Crippen molar-refractivity contribution in [3.05, 3.63) is 93.0 Å². The first kappa shape index (κ1) is 62.7. The van der Waals surface area contributed by atoms with Crippen LogP contribution in [-0.4, -0.2) is 143 Å². The molecule has 3 aromatic heterocycles. The van der Waals surface area contributed by atoms with Crippen LogP contribution in [0.4, 0.5) is 49.7 Å². The fraction of sp³-hybridized carbons (Fsp3) is 0.500. The van der Waals surface area contributed by atoms with Crippen molar-refractivity contribution in [3.8, 4) is 23.0 Å². The van der Waals surface area contributed by atoms with Crippen LogP contribution in [0.2, 0.25) is 5.02 Å². The average Bonchev–Trinajstić information content (AvgIpc) is 3.91. The normalized spacial score (nSPS) is 16.4. The molecule has 2 aliphatic rings. The SMILES string of the molecule is COCCOCCOCCOCCOCC(=O)N(c1nn(CC(F)(F)F)c2c(-c3ccc(C#CC(C)(C)S(C)(=O)=O)nc3C(Cc3cc(F)cc(F)c3)NC(=O)Cn3nc(C(F)(F)F)c4c3C(F)(F)[C@@H]3C[C@H]43)ccc(Cl)c12)S(C)(=O)=O. The number of anilines is 1. The number of nitrogens with one attached hydrogen (secondary N) is 1. The number of amides is 2. The highest BCUT2D eigenvalue weighted by Gasteiger charge is 2.68. The molecule has 442 valence electrons. The fourth-order valence-electron chi connectivity index (χ4n) is 8.88. The van der Waals surface area contributed by atoms with Crippen LogP contribution in [0.5, 0.6) is 0 Å². The Morgan fingerprint density at radius 2 is 1.44 bits per heavy atom. The molecule has 5 aromatic rings. The first-order valence-corrected chi connectivity index (χ1v) is 28.5. The van der Waals surface area contributed by atoms with Gasteiger partial charge in [0.1, 0.15) is 47.5 Å². The third-order valence-corrected chi connectivity index (χ3v) is 16.1. The van der Waals surface area contributed by atoms with E-state index in [0.29, 0.717) is 32.1 Å². The number of sulfone groups is 1. The van der Waals surface area contributed by atoms with Crippen molar-refractivity contribution < 1.29 is 94.0 Å². The number of nitrogens with zero attached hydrogens (tertiary/aromatic N) is 6. The van der Waals surface area contributed by atoms with Crippen molar-refractivity contribution in [3.63, 3.8) is 0 Å². The monoisotopic (exact) mass is 1220 g/mol. The zero-order valence-electron chi connectivity index (χ0n) is 43.6. The predicted molar refractivity (Wildman–Crippen MR) is 270 cm³/mol. The van der Waals surface area contributed by atoms with Gasteiger partial charge in [0.05, 0.1) is 86.8 Å². The van der Waals surface area contributed by atoms with E-state index in [1.807, 2.05) is 0 Å². The number of ether oxygens (including phenoxy) is 5. The lowest BCUT2D eigenvalue weighted by Gasteiger charge is -2.23. The minimum atomic E-state index is -5.23. The molecule has 1 N–H and O–H groups in total. The van der Waals surface area contributed by atoms with Crippen LogP contribution in [0.15, 0.2) is 42.5 Å². The van der Waals surface area contributed by atoms with Crippen molar-refractivity contribution in [2.75, 3.05) is 83.4 Å². The average molecular weight is 1220 g/mol. The molecule has 2 aromatic carbocycles. The first-order valence-electron chi connectivity index (χ1n) is 24.4. The third kappa shape index (κ3) is 14.8. The molecule has 0 bridgehead atoms. The van der Waals surface area contributed by atoms with E-state index in [9.17, 15) is 61.5 Å². The third-order valence-electron chi connectivity index (χ3n) is 12.8. The molecule has 1 fully saturated rings. The van der Waals surface area contributed by atoms with Crippen molar-refractivity contribution in [1.82, 2.24) is 29.9 Å². The molecule has 81 heavy (non-hydrogen) atoms. The molecule has 31 heteroatoms. The van der Waals surface area contributed by atoms with Crippen LogP contribution in [0.25, 0.3) is 22.0 Å². The Bertz CT molecular complexity index is 3460. The van der Waals surface area contributed by atoms with Crippen LogP contribution >= 0.6 is 11.6 Å². The van der Waals surface area contributed by atoms with Gasteiger partial charge in [0, 0.05) is 42.0 Å². The molecule has 0 saturated heterocycles. The summed E-state index contributed by atoms with van der Waals surface area (Å²) in [5.41, 5.74) is -5.93. The summed E-state index contributed by atoms with van der Waals surface area (Å²) in [6, 6.07) is 4.78. The smallest absolute Gasteiger partial charge is 0.382 e. The van der Waals surface area contributed by atoms with E-state index in [-0.39, 0.29) is 75.5 Å². The van der Waals surface area contributed by atoms with E-state index < -0.39 is 155 Å². The maximum atomic E-state index is 15.7. The number of benzene rings is 2. The van der Waals surface area contributed by atoms with E-state index in [2.05, 4.69) is 32.3 Å². The molecule has 0 spiro atoms. The van der Waals surface area contributed by atoms with E-state index in [0.717, 1.165) is 42.7 Å². The molecule has 7 rings (SSSR count). The van der Waals surface area contributed by atoms with Crippen LogP contribution in [0, 0.1) is 29.4 Å². The van der Waals surface area contributed by atoms with Crippen molar-refractivity contribution in [1.29, 1.82) is 0 Å². The molecule has 3 heterocycles. The lowest BCUT2D eigenvalue weighted by Crippen LogP contribution is -2.39. The molecular weight excluding hydrogens is 1160 g/mol. The van der Waals surface area contributed by atoms with Gasteiger partial charge >= 0.3 is 12.4 Å². The maximum absolute atomic E-state index is 15.7. The largest absolute Gasteiger partial charge is 0.435 e. The van der Waals surface area contributed by atoms with Gasteiger partial charge in [-0.05, 0) is 74.4 Å². The number of carbonyl (C=O) groups is 2. The number of sulfonamides is 1. The topological polar surface area (TPSA) is 212 Å². The highest BCUT2D eigenvalue weighted by Crippen LogP contribution is 2.68. The van der Waals surface area contributed by atoms with Gasteiger partial charge in [0.15, 0.2) is 21.3 Å². The second kappa shape index (κ2) is 24.5. The molecule has 0 radical (unpaired) electrons. The number of hydrogen-bond acceptors (Lipinski definition) is 14. The van der Waals surface area contributed by atoms with Gasteiger partial charge in [0.2, 0.25) is 15.9 Å². The number of pyridine rings is 1. The summed E-state index contributed by atoms with van der Waals surface area (Å²) < 4.78 is 225.